The highest BCUT2D eigenvalue weighted by Crippen LogP contribution is 2.33. The molecule has 1 aliphatic carbocycles. The third-order valence-electron chi connectivity index (χ3n) is 2.86. The first kappa shape index (κ1) is 10.0. The van der Waals surface area contributed by atoms with E-state index in [4.69, 9.17) is 0 Å². The minimum absolute atomic E-state index is 0.0227. The number of Topliss-reactive ketones (excluding diaryl/α,β-unsaturated/α-hetero) is 2. The molecule has 0 amide bonds. The van der Waals surface area contributed by atoms with Crippen LogP contribution in [0.25, 0.3) is 0 Å². The van der Waals surface area contributed by atoms with Gasteiger partial charge in [-0.05, 0) is 18.4 Å². The number of fused-ring (bicyclic) bond motifs is 1. The Balaban J connectivity index is 2.62. The summed E-state index contributed by atoms with van der Waals surface area (Å²) in [5.74, 6) is -0.127. The minimum Gasteiger partial charge on any atom is -0.294 e. The first-order valence-corrected chi connectivity index (χ1v) is 5.26. The lowest BCUT2D eigenvalue weighted by Gasteiger charge is -2.15. The normalized spacial score (nSPS) is 20.4. The van der Waals surface area contributed by atoms with Crippen LogP contribution in [0.3, 0.4) is 0 Å². The Kier molecular flexibility index (Phi) is 2.39. The predicted molar refractivity (Wildman–Crippen MR) is 57.8 cm³/mol. The maximum Gasteiger partial charge on any atom is 0.173 e. The molecule has 0 radical (unpaired) electrons. The molecule has 0 spiro atoms. The molecule has 0 aromatic rings. The van der Waals surface area contributed by atoms with E-state index in [0.717, 1.165) is 12.0 Å². The molecule has 1 aliphatic heterocycles. The Morgan fingerprint density at radius 1 is 1.20 bits per heavy atom. The number of carbonyl (C=O) groups excluding carboxylic acids is 2. The van der Waals surface area contributed by atoms with Crippen molar-refractivity contribution < 1.29 is 9.59 Å². The molecule has 0 unspecified atom stereocenters. The molecule has 1 heterocycles. The summed E-state index contributed by atoms with van der Waals surface area (Å²) < 4.78 is 0. The Labute approximate surface area is 88.6 Å². The fourth-order valence-electron chi connectivity index (χ4n) is 2.07. The Bertz CT molecular complexity index is 439. The van der Waals surface area contributed by atoms with Crippen LogP contribution in [-0.4, -0.2) is 17.8 Å². The lowest BCUT2D eigenvalue weighted by molar-refractivity contribution is -0.123. The molecule has 0 aromatic carbocycles. The lowest BCUT2D eigenvalue weighted by Crippen LogP contribution is -2.20. The highest BCUT2D eigenvalue weighted by molar-refractivity contribution is 6.22. The number of rotatable bonds is 2. The second-order valence-corrected chi connectivity index (χ2v) is 3.72. The van der Waals surface area contributed by atoms with Crippen molar-refractivity contribution in [2.75, 3.05) is 0 Å². The molecule has 15 heavy (non-hydrogen) atoms. The zero-order valence-electron chi connectivity index (χ0n) is 8.96. The van der Waals surface area contributed by atoms with Crippen molar-refractivity contribution in [3.63, 3.8) is 0 Å². The van der Waals surface area contributed by atoms with E-state index in [1.807, 2.05) is 13.8 Å². The molecule has 3 heteroatoms. The van der Waals surface area contributed by atoms with E-state index in [-0.39, 0.29) is 18.0 Å². The van der Waals surface area contributed by atoms with Crippen molar-refractivity contribution in [2.45, 2.75) is 33.1 Å². The van der Waals surface area contributed by atoms with Crippen LogP contribution in [0.4, 0.5) is 0 Å². The highest BCUT2D eigenvalue weighted by Gasteiger charge is 2.32. The third kappa shape index (κ3) is 1.39. The van der Waals surface area contributed by atoms with Crippen LogP contribution in [0.1, 0.15) is 33.1 Å². The summed E-state index contributed by atoms with van der Waals surface area (Å²) >= 11 is 0. The van der Waals surface area contributed by atoms with E-state index in [1.165, 1.54) is 0 Å². The molecule has 0 N–H and O–H groups in total. The summed E-state index contributed by atoms with van der Waals surface area (Å²) in [5.41, 5.74) is 3.00. The van der Waals surface area contributed by atoms with Gasteiger partial charge in [-0.1, -0.05) is 13.8 Å². The van der Waals surface area contributed by atoms with Crippen LogP contribution < -0.4 is 0 Å². The predicted octanol–water partition coefficient (Wildman–Crippen LogP) is 1.98. The summed E-state index contributed by atoms with van der Waals surface area (Å²) in [4.78, 5) is 27.5. The van der Waals surface area contributed by atoms with Crippen molar-refractivity contribution in [1.82, 2.24) is 0 Å². The van der Waals surface area contributed by atoms with Crippen LogP contribution in [0.15, 0.2) is 27.4 Å². The molecule has 2 aliphatic rings. The molecule has 0 bridgehead atoms. The third-order valence-corrected chi connectivity index (χ3v) is 2.86. The highest BCUT2D eigenvalue weighted by atomic mass is 16.1. The summed E-state index contributed by atoms with van der Waals surface area (Å²) in [6.07, 6.45) is 3.18. The maximum absolute atomic E-state index is 11.7. The molecule has 0 atom stereocenters. The van der Waals surface area contributed by atoms with Gasteiger partial charge in [-0.2, -0.15) is 0 Å². The van der Waals surface area contributed by atoms with Gasteiger partial charge in [0.25, 0.3) is 0 Å². The SMILES string of the molecule is CCC1=C2C(=O)CC(=O)C(CC)=C2N=C1. The zero-order chi connectivity index (χ0) is 11.0. The second kappa shape index (κ2) is 3.57. The number of aliphatic imine (C=N–C) groups is 1. The molecule has 0 saturated heterocycles. The van der Waals surface area contributed by atoms with Gasteiger partial charge in [0, 0.05) is 17.4 Å². The smallest absolute Gasteiger partial charge is 0.173 e. The second-order valence-electron chi connectivity index (χ2n) is 3.72. The summed E-state index contributed by atoms with van der Waals surface area (Å²) in [6, 6.07) is 0. The largest absolute Gasteiger partial charge is 0.294 e. The quantitative estimate of drug-likeness (QED) is 0.644. The van der Waals surface area contributed by atoms with E-state index in [1.54, 1.807) is 6.21 Å². The summed E-state index contributed by atoms with van der Waals surface area (Å²) in [7, 11) is 0. The number of hydrogen-bond acceptors (Lipinski definition) is 3. The van der Waals surface area contributed by atoms with Crippen molar-refractivity contribution in [3.05, 3.63) is 22.4 Å². The van der Waals surface area contributed by atoms with E-state index >= 15 is 0 Å². The van der Waals surface area contributed by atoms with Crippen molar-refractivity contribution in [2.24, 2.45) is 4.99 Å². The van der Waals surface area contributed by atoms with Crippen LogP contribution in [0.5, 0.6) is 0 Å². The number of hydrogen-bond donors (Lipinski definition) is 0. The number of allylic oxidation sites excluding steroid dienone is 3. The van der Waals surface area contributed by atoms with Gasteiger partial charge in [-0.15, -0.1) is 0 Å². The number of carbonyl (C=O) groups is 2. The standard InChI is InChI=1S/C12H13NO2/c1-3-7-6-13-12-8(4-2)9(14)5-10(15)11(7)12/h6H,3-5H2,1-2H3. The van der Waals surface area contributed by atoms with E-state index in [2.05, 4.69) is 4.99 Å². The van der Waals surface area contributed by atoms with E-state index in [9.17, 15) is 9.59 Å². The minimum atomic E-state index is -0.0680. The van der Waals surface area contributed by atoms with Crippen LogP contribution in [-0.2, 0) is 9.59 Å². The van der Waals surface area contributed by atoms with Crippen LogP contribution >= 0.6 is 0 Å². The van der Waals surface area contributed by atoms with Crippen LogP contribution in [0, 0.1) is 0 Å². The first-order valence-electron chi connectivity index (χ1n) is 5.26. The topological polar surface area (TPSA) is 46.5 Å². The van der Waals surface area contributed by atoms with Gasteiger partial charge in [-0.25, -0.2) is 0 Å². The van der Waals surface area contributed by atoms with Gasteiger partial charge in [0.05, 0.1) is 12.1 Å². The molecule has 0 saturated carbocycles. The molecule has 0 aromatic heterocycles. The Hall–Kier alpha value is -1.51. The molecule has 2 rings (SSSR count). The van der Waals surface area contributed by atoms with E-state index in [0.29, 0.717) is 23.3 Å². The fraction of sp³-hybridized carbons (Fsp3) is 0.417. The Morgan fingerprint density at radius 3 is 2.53 bits per heavy atom. The van der Waals surface area contributed by atoms with Crippen molar-refractivity contribution in [3.8, 4) is 0 Å². The van der Waals surface area contributed by atoms with Gasteiger partial charge < -0.3 is 0 Å². The van der Waals surface area contributed by atoms with E-state index < -0.39 is 0 Å². The molecular formula is C12H13NO2. The average Bonchev–Trinajstić information content (AvgIpc) is 2.62. The van der Waals surface area contributed by atoms with Crippen LogP contribution in [0.2, 0.25) is 0 Å². The van der Waals surface area contributed by atoms with Crippen molar-refractivity contribution >= 4 is 17.8 Å². The maximum atomic E-state index is 11.7. The molecule has 3 nitrogen and oxygen atoms in total. The average molecular weight is 203 g/mol. The summed E-state index contributed by atoms with van der Waals surface area (Å²) in [5, 5.41) is 0. The van der Waals surface area contributed by atoms with Gasteiger partial charge in [0.2, 0.25) is 0 Å². The first-order chi connectivity index (χ1) is 7.19. The van der Waals surface area contributed by atoms with Crippen molar-refractivity contribution in [1.29, 1.82) is 0 Å². The lowest BCUT2D eigenvalue weighted by atomic mass is 9.87. The number of nitrogens with zero attached hydrogens (tertiary/aromatic N) is 1. The number of ketones is 2. The van der Waals surface area contributed by atoms with Gasteiger partial charge in [-0.3, -0.25) is 14.6 Å². The monoisotopic (exact) mass is 203 g/mol. The summed E-state index contributed by atoms with van der Waals surface area (Å²) in [6.45, 7) is 3.92. The molecule has 0 fully saturated rings. The van der Waals surface area contributed by atoms with Gasteiger partial charge in [0.15, 0.2) is 11.6 Å². The molecular weight excluding hydrogens is 190 g/mol. The fourth-order valence-corrected chi connectivity index (χ4v) is 2.07. The zero-order valence-corrected chi connectivity index (χ0v) is 8.96. The Morgan fingerprint density at radius 2 is 1.93 bits per heavy atom. The van der Waals surface area contributed by atoms with Gasteiger partial charge in [0.1, 0.15) is 0 Å². The molecule has 78 valence electrons. The van der Waals surface area contributed by atoms with Gasteiger partial charge >= 0.3 is 0 Å².